The molecule has 0 aromatic carbocycles. The fraction of sp³-hybridized carbons (Fsp3) is 0.900. The Bertz CT molecular complexity index is 90.4. The zero-order chi connectivity index (χ0) is 9.07. The minimum Gasteiger partial charge on any atom is -0.396 e. The molecule has 1 rings (SSSR count). The summed E-state index contributed by atoms with van der Waals surface area (Å²) in [5.41, 5.74) is 0. The van der Waals surface area contributed by atoms with Gasteiger partial charge in [-0.05, 0) is 13.3 Å². The maximum absolute atomic E-state index is 4.70. The first-order valence-electron chi connectivity index (χ1n) is 5.01. The van der Waals surface area contributed by atoms with Gasteiger partial charge in [0.1, 0.15) is 6.61 Å². The Morgan fingerprint density at radius 2 is 1.67 bits per heavy atom. The molecule has 1 fully saturated rings. The van der Waals surface area contributed by atoms with Crippen molar-refractivity contribution in [1.29, 1.82) is 0 Å². The van der Waals surface area contributed by atoms with Crippen molar-refractivity contribution in [3.63, 3.8) is 0 Å². The molecule has 0 N–H and O–H groups in total. The van der Waals surface area contributed by atoms with Gasteiger partial charge in [-0.3, -0.25) is 0 Å². The first kappa shape index (κ1) is 11.5. The van der Waals surface area contributed by atoms with Crippen molar-refractivity contribution in [2.75, 3.05) is 6.61 Å². The first-order valence-corrected chi connectivity index (χ1v) is 5.01. The molecule has 1 saturated carbocycles. The quantitative estimate of drug-likeness (QED) is 0.362. The zero-order valence-electron chi connectivity index (χ0n) is 8.38. The van der Waals surface area contributed by atoms with Gasteiger partial charge in [-0.2, -0.15) is 0 Å². The standard InChI is InChI=1S/C5H11NO.C5H10/c1-3-5-7-6-4-2;1-2-4-5-3-1/h4H,3,5H2,1-2H3;1-5H2/b6-4-;. The van der Waals surface area contributed by atoms with Crippen molar-refractivity contribution < 1.29 is 4.84 Å². The van der Waals surface area contributed by atoms with E-state index in [1.54, 1.807) is 6.21 Å². The topological polar surface area (TPSA) is 21.6 Å². The van der Waals surface area contributed by atoms with Gasteiger partial charge in [0.15, 0.2) is 0 Å². The van der Waals surface area contributed by atoms with Crippen LogP contribution >= 0.6 is 0 Å². The Balaban J connectivity index is 0.000000211. The third-order valence-corrected chi connectivity index (χ3v) is 1.73. The lowest BCUT2D eigenvalue weighted by atomic mass is 10.4. The average Bonchev–Trinajstić information content (AvgIpc) is 2.62. The van der Waals surface area contributed by atoms with Crippen LogP contribution in [0.5, 0.6) is 0 Å². The van der Waals surface area contributed by atoms with E-state index in [1.165, 1.54) is 32.1 Å². The predicted octanol–water partition coefficient (Wildman–Crippen LogP) is 3.37. The molecule has 2 nitrogen and oxygen atoms in total. The molecule has 0 unspecified atom stereocenters. The van der Waals surface area contributed by atoms with Crippen molar-refractivity contribution >= 4 is 6.21 Å². The van der Waals surface area contributed by atoms with Crippen molar-refractivity contribution in [1.82, 2.24) is 0 Å². The maximum atomic E-state index is 4.70. The molecule has 12 heavy (non-hydrogen) atoms. The molecule has 0 spiro atoms. The SMILES string of the molecule is C/C=N\OCCC.C1CCCC1. The van der Waals surface area contributed by atoms with Gasteiger partial charge < -0.3 is 4.84 Å². The van der Waals surface area contributed by atoms with Crippen LogP contribution in [0.25, 0.3) is 0 Å². The summed E-state index contributed by atoms with van der Waals surface area (Å²) in [5.74, 6) is 0. The molecule has 0 bridgehead atoms. The van der Waals surface area contributed by atoms with Crippen LogP contribution in [-0.4, -0.2) is 12.8 Å². The van der Waals surface area contributed by atoms with Crippen molar-refractivity contribution in [2.45, 2.75) is 52.4 Å². The van der Waals surface area contributed by atoms with E-state index in [4.69, 9.17) is 4.84 Å². The molecular weight excluding hydrogens is 150 g/mol. The van der Waals surface area contributed by atoms with Gasteiger partial charge in [-0.25, -0.2) is 0 Å². The third kappa shape index (κ3) is 9.47. The van der Waals surface area contributed by atoms with E-state index in [0.717, 1.165) is 13.0 Å². The van der Waals surface area contributed by atoms with Crippen molar-refractivity contribution in [3.05, 3.63) is 0 Å². The minimum absolute atomic E-state index is 0.727. The normalized spacial score (nSPS) is 15.8. The second-order valence-electron chi connectivity index (χ2n) is 2.96. The molecule has 2 heteroatoms. The highest BCUT2D eigenvalue weighted by molar-refractivity contribution is 5.52. The number of rotatable bonds is 3. The highest BCUT2D eigenvalue weighted by Crippen LogP contribution is 2.15. The van der Waals surface area contributed by atoms with Crippen LogP contribution in [0.3, 0.4) is 0 Å². The third-order valence-electron chi connectivity index (χ3n) is 1.73. The molecule has 0 aliphatic heterocycles. The Morgan fingerprint density at radius 1 is 1.17 bits per heavy atom. The number of hydrogen-bond donors (Lipinski definition) is 0. The molecule has 0 aromatic rings. The fourth-order valence-corrected chi connectivity index (χ4v) is 1.10. The van der Waals surface area contributed by atoms with Gasteiger partial charge in [0.05, 0.1) is 0 Å². The number of nitrogens with zero attached hydrogens (tertiary/aromatic N) is 1. The number of oxime groups is 1. The van der Waals surface area contributed by atoms with Crippen LogP contribution in [0, 0.1) is 0 Å². The van der Waals surface area contributed by atoms with E-state index >= 15 is 0 Å². The first-order chi connectivity index (χ1) is 5.91. The molecule has 0 atom stereocenters. The van der Waals surface area contributed by atoms with Crippen molar-refractivity contribution in [2.24, 2.45) is 5.16 Å². The summed E-state index contributed by atoms with van der Waals surface area (Å²) in [4.78, 5) is 4.70. The van der Waals surface area contributed by atoms with Gasteiger partial charge >= 0.3 is 0 Å². The second kappa shape index (κ2) is 10.5. The van der Waals surface area contributed by atoms with Gasteiger partial charge in [0.2, 0.25) is 0 Å². The van der Waals surface area contributed by atoms with E-state index < -0.39 is 0 Å². The molecule has 0 amide bonds. The van der Waals surface area contributed by atoms with Gasteiger partial charge in [-0.1, -0.05) is 44.2 Å². The molecule has 0 heterocycles. The molecule has 0 saturated heterocycles. The summed E-state index contributed by atoms with van der Waals surface area (Å²) in [6.07, 6.45) is 10.2. The average molecular weight is 171 g/mol. The van der Waals surface area contributed by atoms with E-state index in [1.807, 2.05) is 13.8 Å². The van der Waals surface area contributed by atoms with E-state index in [9.17, 15) is 0 Å². The Labute approximate surface area is 76.0 Å². The Kier molecular flexibility index (Phi) is 10.0. The van der Waals surface area contributed by atoms with Gasteiger partial charge in [0, 0.05) is 6.21 Å². The van der Waals surface area contributed by atoms with Crippen LogP contribution in [0.4, 0.5) is 0 Å². The lowest BCUT2D eigenvalue weighted by Gasteiger charge is -1.89. The van der Waals surface area contributed by atoms with Crippen LogP contribution < -0.4 is 0 Å². The largest absolute Gasteiger partial charge is 0.396 e. The van der Waals surface area contributed by atoms with Crippen molar-refractivity contribution in [3.8, 4) is 0 Å². The summed E-state index contributed by atoms with van der Waals surface area (Å²) >= 11 is 0. The smallest absolute Gasteiger partial charge is 0.116 e. The van der Waals surface area contributed by atoms with Crippen LogP contribution in [-0.2, 0) is 4.84 Å². The summed E-state index contributed by atoms with van der Waals surface area (Å²) < 4.78 is 0. The highest BCUT2D eigenvalue weighted by Gasteiger charge is 1.95. The molecule has 0 radical (unpaired) electrons. The second-order valence-corrected chi connectivity index (χ2v) is 2.96. The Morgan fingerprint density at radius 3 is 2.00 bits per heavy atom. The minimum atomic E-state index is 0.727. The zero-order valence-corrected chi connectivity index (χ0v) is 8.38. The van der Waals surface area contributed by atoms with Crippen LogP contribution in [0.15, 0.2) is 5.16 Å². The molecular formula is C10H21NO. The van der Waals surface area contributed by atoms with E-state index in [2.05, 4.69) is 5.16 Å². The van der Waals surface area contributed by atoms with E-state index in [0.29, 0.717) is 0 Å². The highest BCUT2D eigenvalue weighted by atomic mass is 16.6. The monoisotopic (exact) mass is 171 g/mol. The summed E-state index contributed by atoms with van der Waals surface area (Å²) in [7, 11) is 0. The molecule has 1 aliphatic carbocycles. The summed E-state index contributed by atoms with van der Waals surface area (Å²) in [6, 6.07) is 0. The molecule has 72 valence electrons. The lowest BCUT2D eigenvalue weighted by Crippen LogP contribution is -1.81. The maximum Gasteiger partial charge on any atom is 0.116 e. The van der Waals surface area contributed by atoms with Gasteiger partial charge in [0.25, 0.3) is 0 Å². The number of hydrogen-bond acceptors (Lipinski definition) is 2. The summed E-state index contributed by atoms with van der Waals surface area (Å²) in [5, 5.41) is 3.54. The van der Waals surface area contributed by atoms with Gasteiger partial charge in [-0.15, -0.1) is 0 Å². The van der Waals surface area contributed by atoms with Crippen LogP contribution in [0.1, 0.15) is 52.4 Å². The van der Waals surface area contributed by atoms with Crippen LogP contribution in [0.2, 0.25) is 0 Å². The summed E-state index contributed by atoms with van der Waals surface area (Å²) in [6.45, 7) is 4.60. The lowest BCUT2D eigenvalue weighted by molar-refractivity contribution is 0.146. The molecule has 0 aromatic heterocycles. The Hall–Kier alpha value is -0.530. The molecule has 1 aliphatic rings. The predicted molar refractivity (Wildman–Crippen MR) is 53.5 cm³/mol. The fourth-order valence-electron chi connectivity index (χ4n) is 1.10. The van der Waals surface area contributed by atoms with E-state index in [-0.39, 0.29) is 0 Å².